The van der Waals surface area contributed by atoms with Crippen molar-refractivity contribution in [1.29, 1.82) is 0 Å². The van der Waals surface area contributed by atoms with Gasteiger partial charge in [0, 0.05) is 0 Å². The summed E-state index contributed by atoms with van der Waals surface area (Å²) in [7, 11) is 0. The SMILES string of the molecule is CCCCCCCCCOC(=O)C(C)Oc1ccccc1. The maximum absolute atomic E-state index is 11.8. The zero-order chi connectivity index (χ0) is 15.3. The Morgan fingerprint density at radius 3 is 2.29 bits per heavy atom. The zero-order valence-electron chi connectivity index (χ0n) is 13.3. The van der Waals surface area contributed by atoms with Crippen molar-refractivity contribution < 1.29 is 14.3 Å². The fourth-order valence-electron chi connectivity index (χ4n) is 2.10. The van der Waals surface area contributed by atoms with Crippen molar-refractivity contribution in [2.45, 2.75) is 64.9 Å². The molecule has 1 unspecified atom stereocenters. The second-order valence-electron chi connectivity index (χ2n) is 5.36. The first-order valence-corrected chi connectivity index (χ1v) is 8.12. The van der Waals surface area contributed by atoms with Gasteiger partial charge in [0.15, 0.2) is 6.10 Å². The fourth-order valence-corrected chi connectivity index (χ4v) is 2.10. The number of carbonyl (C=O) groups is 1. The third-order valence-corrected chi connectivity index (χ3v) is 3.38. The summed E-state index contributed by atoms with van der Waals surface area (Å²) >= 11 is 0. The molecular weight excluding hydrogens is 264 g/mol. The Labute approximate surface area is 128 Å². The van der Waals surface area contributed by atoms with Crippen molar-refractivity contribution >= 4 is 5.97 Å². The van der Waals surface area contributed by atoms with Crippen LogP contribution in [0.5, 0.6) is 5.75 Å². The third kappa shape index (κ3) is 8.38. The maximum Gasteiger partial charge on any atom is 0.347 e. The van der Waals surface area contributed by atoms with E-state index in [2.05, 4.69) is 6.92 Å². The number of hydrogen-bond acceptors (Lipinski definition) is 3. The summed E-state index contributed by atoms with van der Waals surface area (Å²) in [5.74, 6) is 0.405. The van der Waals surface area contributed by atoms with E-state index in [-0.39, 0.29) is 5.97 Å². The topological polar surface area (TPSA) is 35.5 Å². The van der Waals surface area contributed by atoms with Gasteiger partial charge in [0.1, 0.15) is 5.75 Å². The monoisotopic (exact) mass is 292 g/mol. The second kappa shape index (κ2) is 11.2. The van der Waals surface area contributed by atoms with Gasteiger partial charge in [-0.3, -0.25) is 0 Å². The Kier molecular flexibility index (Phi) is 9.34. The molecule has 0 aliphatic heterocycles. The van der Waals surface area contributed by atoms with E-state index >= 15 is 0 Å². The predicted molar refractivity (Wildman–Crippen MR) is 85.5 cm³/mol. The van der Waals surface area contributed by atoms with Gasteiger partial charge in [-0.05, 0) is 25.5 Å². The Morgan fingerprint density at radius 2 is 1.62 bits per heavy atom. The number of esters is 1. The van der Waals surface area contributed by atoms with E-state index in [0.29, 0.717) is 12.4 Å². The molecule has 21 heavy (non-hydrogen) atoms. The van der Waals surface area contributed by atoms with Crippen molar-refractivity contribution in [2.24, 2.45) is 0 Å². The van der Waals surface area contributed by atoms with Crippen molar-refractivity contribution in [3.8, 4) is 5.75 Å². The van der Waals surface area contributed by atoms with E-state index in [9.17, 15) is 4.79 Å². The Morgan fingerprint density at radius 1 is 1.00 bits per heavy atom. The molecule has 118 valence electrons. The summed E-state index contributed by atoms with van der Waals surface area (Å²) in [6.07, 6.45) is 7.94. The molecule has 0 heterocycles. The number of ether oxygens (including phenoxy) is 2. The van der Waals surface area contributed by atoms with Gasteiger partial charge >= 0.3 is 5.97 Å². The molecule has 0 N–H and O–H groups in total. The first-order valence-electron chi connectivity index (χ1n) is 8.12. The lowest BCUT2D eigenvalue weighted by Gasteiger charge is -2.13. The van der Waals surface area contributed by atoms with Crippen LogP contribution in [0.4, 0.5) is 0 Å². The van der Waals surface area contributed by atoms with Gasteiger partial charge in [0.25, 0.3) is 0 Å². The van der Waals surface area contributed by atoms with Crippen LogP contribution in [0.3, 0.4) is 0 Å². The van der Waals surface area contributed by atoms with Crippen LogP contribution in [0, 0.1) is 0 Å². The molecule has 0 amide bonds. The summed E-state index contributed by atoms with van der Waals surface area (Å²) in [5, 5.41) is 0. The Hall–Kier alpha value is -1.51. The molecule has 0 radical (unpaired) electrons. The van der Waals surface area contributed by atoms with Crippen LogP contribution in [0.2, 0.25) is 0 Å². The number of carbonyl (C=O) groups excluding carboxylic acids is 1. The molecule has 1 rings (SSSR count). The molecule has 1 aromatic rings. The molecule has 0 spiro atoms. The average Bonchev–Trinajstić information content (AvgIpc) is 2.50. The van der Waals surface area contributed by atoms with Crippen LogP contribution in [-0.4, -0.2) is 18.7 Å². The van der Waals surface area contributed by atoms with E-state index in [4.69, 9.17) is 9.47 Å². The van der Waals surface area contributed by atoms with Gasteiger partial charge in [0.2, 0.25) is 0 Å². The van der Waals surface area contributed by atoms with E-state index in [0.717, 1.165) is 12.8 Å². The molecule has 1 aromatic carbocycles. The van der Waals surface area contributed by atoms with Gasteiger partial charge in [-0.25, -0.2) is 4.79 Å². The molecule has 1 atom stereocenters. The number of hydrogen-bond donors (Lipinski definition) is 0. The zero-order valence-corrected chi connectivity index (χ0v) is 13.3. The summed E-state index contributed by atoms with van der Waals surface area (Å²) in [5.41, 5.74) is 0. The minimum atomic E-state index is -0.558. The highest BCUT2D eigenvalue weighted by molar-refractivity contribution is 5.74. The molecule has 0 aliphatic carbocycles. The van der Waals surface area contributed by atoms with E-state index < -0.39 is 6.10 Å². The molecule has 0 fully saturated rings. The highest BCUT2D eigenvalue weighted by Crippen LogP contribution is 2.12. The molecule has 0 bridgehead atoms. The highest BCUT2D eigenvalue weighted by atomic mass is 16.6. The van der Waals surface area contributed by atoms with Crippen molar-refractivity contribution in [2.75, 3.05) is 6.61 Å². The molecule has 0 aliphatic rings. The van der Waals surface area contributed by atoms with Crippen molar-refractivity contribution in [3.63, 3.8) is 0 Å². The molecule has 0 saturated carbocycles. The summed E-state index contributed by atoms with van der Waals surface area (Å²) in [6, 6.07) is 9.34. The molecule has 0 aromatic heterocycles. The molecule has 3 heteroatoms. The van der Waals surface area contributed by atoms with Crippen LogP contribution in [0.15, 0.2) is 30.3 Å². The predicted octanol–water partition coefficient (Wildman–Crippen LogP) is 4.75. The standard InChI is InChI=1S/C18H28O3/c1-3-4-5-6-7-8-12-15-20-18(19)16(2)21-17-13-10-9-11-14-17/h9-11,13-14,16H,3-8,12,15H2,1-2H3. The second-order valence-corrected chi connectivity index (χ2v) is 5.36. The molecule has 3 nitrogen and oxygen atoms in total. The van der Waals surface area contributed by atoms with E-state index in [1.54, 1.807) is 6.92 Å². The van der Waals surface area contributed by atoms with E-state index in [1.165, 1.54) is 32.1 Å². The van der Waals surface area contributed by atoms with Gasteiger partial charge in [-0.2, -0.15) is 0 Å². The average molecular weight is 292 g/mol. The first kappa shape index (κ1) is 17.5. The lowest BCUT2D eigenvalue weighted by molar-refractivity contribution is -0.151. The first-order chi connectivity index (χ1) is 10.2. The minimum absolute atomic E-state index is 0.287. The lowest BCUT2D eigenvalue weighted by Crippen LogP contribution is -2.26. The van der Waals surface area contributed by atoms with Crippen LogP contribution in [0.25, 0.3) is 0 Å². The van der Waals surface area contributed by atoms with Crippen molar-refractivity contribution in [3.05, 3.63) is 30.3 Å². The maximum atomic E-state index is 11.8. The fraction of sp³-hybridized carbons (Fsp3) is 0.611. The van der Waals surface area contributed by atoms with Gasteiger partial charge in [-0.15, -0.1) is 0 Å². The van der Waals surface area contributed by atoms with Crippen LogP contribution < -0.4 is 4.74 Å². The van der Waals surface area contributed by atoms with E-state index in [1.807, 2.05) is 30.3 Å². The van der Waals surface area contributed by atoms with Crippen LogP contribution in [-0.2, 0) is 9.53 Å². The lowest BCUT2D eigenvalue weighted by atomic mass is 10.1. The Bertz CT molecular complexity index is 375. The number of unbranched alkanes of at least 4 members (excludes halogenated alkanes) is 6. The van der Waals surface area contributed by atoms with Gasteiger partial charge < -0.3 is 9.47 Å². The Balaban J connectivity index is 2.05. The number of benzene rings is 1. The molecule has 0 saturated heterocycles. The third-order valence-electron chi connectivity index (χ3n) is 3.38. The quantitative estimate of drug-likeness (QED) is 0.436. The normalized spacial score (nSPS) is 11.9. The number of para-hydroxylation sites is 1. The van der Waals surface area contributed by atoms with Crippen LogP contribution >= 0.6 is 0 Å². The van der Waals surface area contributed by atoms with Crippen molar-refractivity contribution in [1.82, 2.24) is 0 Å². The van der Waals surface area contributed by atoms with Gasteiger partial charge in [-0.1, -0.05) is 63.6 Å². The smallest absolute Gasteiger partial charge is 0.347 e. The minimum Gasteiger partial charge on any atom is -0.479 e. The van der Waals surface area contributed by atoms with Gasteiger partial charge in [0.05, 0.1) is 6.61 Å². The largest absolute Gasteiger partial charge is 0.479 e. The summed E-state index contributed by atoms with van der Waals surface area (Å²) in [4.78, 5) is 11.8. The highest BCUT2D eigenvalue weighted by Gasteiger charge is 2.15. The summed E-state index contributed by atoms with van der Waals surface area (Å²) < 4.78 is 10.8. The van der Waals surface area contributed by atoms with Crippen LogP contribution in [0.1, 0.15) is 58.8 Å². The summed E-state index contributed by atoms with van der Waals surface area (Å²) in [6.45, 7) is 4.44. The number of rotatable bonds is 11. The molecular formula is C18H28O3.